The number of aryl methyl sites for hydroxylation is 1. The lowest BCUT2D eigenvalue weighted by Crippen LogP contribution is -2.16. The fourth-order valence-electron chi connectivity index (χ4n) is 2.88. The van der Waals surface area contributed by atoms with Crippen molar-refractivity contribution in [3.8, 4) is 5.82 Å². The van der Waals surface area contributed by atoms with E-state index < -0.39 is 0 Å². The van der Waals surface area contributed by atoms with Crippen LogP contribution >= 0.6 is 11.6 Å². The molecule has 0 spiro atoms. The predicted molar refractivity (Wildman–Crippen MR) is 109 cm³/mol. The summed E-state index contributed by atoms with van der Waals surface area (Å²) in [6, 6.07) is 18.9. The molecule has 0 atom stereocenters. The highest BCUT2D eigenvalue weighted by molar-refractivity contribution is 6.30. The van der Waals surface area contributed by atoms with Gasteiger partial charge in [0, 0.05) is 23.1 Å². The summed E-state index contributed by atoms with van der Waals surface area (Å²) >= 11 is 5.91. The molecule has 4 rings (SSSR count). The van der Waals surface area contributed by atoms with Gasteiger partial charge in [0.05, 0.1) is 6.54 Å². The first-order valence-electron chi connectivity index (χ1n) is 8.79. The molecule has 2 aromatic carbocycles. The van der Waals surface area contributed by atoms with Crippen LogP contribution < -0.4 is 5.32 Å². The average Bonchev–Trinajstić information content (AvgIpc) is 3.35. The lowest BCUT2D eigenvalue weighted by atomic mass is 10.1. The molecule has 0 unspecified atom stereocenters. The highest BCUT2D eigenvalue weighted by Gasteiger charge is 2.21. The third kappa shape index (κ3) is 3.82. The number of nitrogens with zero attached hydrogens (tertiary/aromatic N) is 4. The van der Waals surface area contributed by atoms with Crippen molar-refractivity contribution in [1.82, 2.24) is 19.6 Å². The van der Waals surface area contributed by atoms with Crippen LogP contribution in [0.3, 0.4) is 0 Å². The highest BCUT2D eigenvalue weighted by Crippen LogP contribution is 2.18. The van der Waals surface area contributed by atoms with Crippen LogP contribution in [0, 0.1) is 6.92 Å². The SMILES string of the molecule is Cc1ccc(Cn2nnc(C(=O)Nc3ccc(Cl)cc3)c2-n2cccc2)cc1. The minimum Gasteiger partial charge on any atom is -0.320 e. The molecule has 0 saturated heterocycles. The number of hydrogen-bond acceptors (Lipinski definition) is 3. The number of rotatable bonds is 5. The zero-order valence-electron chi connectivity index (χ0n) is 15.2. The van der Waals surface area contributed by atoms with E-state index in [1.165, 1.54) is 5.56 Å². The monoisotopic (exact) mass is 391 g/mol. The van der Waals surface area contributed by atoms with Gasteiger partial charge in [-0.3, -0.25) is 4.79 Å². The van der Waals surface area contributed by atoms with Crippen LogP contribution in [0.15, 0.2) is 73.1 Å². The predicted octanol–water partition coefficient (Wildman–Crippen LogP) is 4.33. The maximum absolute atomic E-state index is 12.9. The number of aromatic nitrogens is 4. The number of benzene rings is 2. The fourth-order valence-corrected chi connectivity index (χ4v) is 3.01. The first kappa shape index (κ1) is 18.0. The minimum absolute atomic E-state index is 0.248. The van der Waals surface area contributed by atoms with E-state index >= 15 is 0 Å². The molecule has 0 bridgehead atoms. The lowest BCUT2D eigenvalue weighted by Gasteiger charge is -2.10. The van der Waals surface area contributed by atoms with Crippen LogP contribution in [0.1, 0.15) is 21.6 Å². The molecular formula is C21H18ClN5O. The number of amides is 1. The standard InChI is InChI=1S/C21H18ClN5O/c1-15-4-6-16(7-5-15)14-27-21(26-12-2-3-13-26)19(24-25-27)20(28)23-18-10-8-17(22)9-11-18/h2-13H,14H2,1H3,(H,23,28). The second kappa shape index (κ2) is 7.70. The van der Waals surface area contributed by atoms with Gasteiger partial charge in [-0.15, -0.1) is 5.10 Å². The van der Waals surface area contributed by atoms with Gasteiger partial charge in [-0.05, 0) is 48.9 Å². The molecule has 140 valence electrons. The number of carbonyl (C=O) groups is 1. The molecule has 0 saturated carbocycles. The molecule has 2 aromatic heterocycles. The van der Waals surface area contributed by atoms with E-state index in [1.54, 1.807) is 28.9 Å². The minimum atomic E-state index is -0.332. The number of carbonyl (C=O) groups excluding carboxylic acids is 1. The third-order valence-corrected chi connectivity index (χ3v) is 4.58. The Bertz CT molecular complexity index is 1080. The molecule has 28 heavy (non-hydrogen) atoms. The molecule has 4 aromatic rings. The summed E-state index contributed by atoms with van der Waals surface area (Å²) in [4.78, 5) is 12.9. The Balaban J connectivity index is 1.67. The summed E-state index contributed by atoms with van der Waals surface area (Å²) < 4.78 is 3.56. The van der Waals surface area contributed by atoms with Crippen molar-refractivity contribution in [2.75, 3.05) is 5.32 Å². The van der Waals surface area contributed by atoms with Gasteiger partial charge in [-0.1, -0.05) is 46.6 Å². The molecule has 0 aliphatic carbocycles. The van der Waals surface area contributed by atoms with Crippen molar-refractivity contribution >= 4 is 23.2 Å². The Hall–Kier alpha value is -3.38. The van der Waals surface area contributed by atoms with E-state index in [0.717, 1.165) is 5.56 Å². The van der Waals surface area contributed by atoms with E-state index in [-0.39, 0.29) is 11.6 Å². The van der Waals surface area contributed by atoms with Gasteiger partial charge in [-0.2, -0.15) is 0 Å². The largest absolute Gasteiger partial charge is 0.320 e. The normalized spacial score (nSPS) is 10.8. The second-order valence-electron chi connectivity index (χ2n) is 6.46. The zero-order valence-corrected chi connectivity index (χ0v) is 16.0. The van der Waals surface area contributed by atoms with E-state index in [0.29, 0.717) is 23.1 Å². The van der Waals surface area contributed by atoms with Crippen molar-refractivity contribution in [3.05, 3.63) is 94.9 Å². The summed E-state index contributed by atoms with van der Waals surface area (Å²) in [5.41, 5.74) is 3.16. The Morgan fingerprint density at radius 1 is 1.04 bits per heavy atom. The Labute approximate surface area is 167 Å². The van der Waals surface area contributed by atoms with Gasteiger partial charge in [-0.25, -0.2) is 4.68 Å². The molecule has 7 heteroatoms. The highest BCUT2D eigenvalue weighted by atomic mass is 35.5. The summed E-state index contributed by atoms with van der Waals surface area (Å²) in [6.07, 6.45) is 3.73. The quantitative estimate of drug-likeness (QED) is 0.550. The Kier molecular flexibility index (Phi) is 4.95. The van der Waals surface area contributed by atoms with Gasteiger partial charge >= 0.3 is 0 Å². The first-order chi connectivity index (χ1) is 13.6. The van der Waals surface area contributed by atoms with E-state index in [1.807, 2.05) is 48.1 Å². The topological polar surface area (TPSA) is 64.7 Å². The Morgan fingerprint density at radius 3 is 2.39 bits per heavy atom. The molecule has 1 N–H and O–H groups in total. The van der Waals surface area contributed by atoms with Gasteiger partial charge in [0.25, 0.3) is 5.91 Å². The third-order valence-electron chi connectivity index (χ3n) is 4.33. The number of halogens is 1. The van der Waals surface area contributed by atoms with Gasteiger partial charge < -0.3 is 9.88 Å². The number of hydrogen-bond donors (Lipinski definition) is 1. The van der Waals surface area contributed by atoms with E-state index in [2.05, 4.69) is 27.8 Å². The lowest BCUT2D eigenvalue weighted by molar-refractivity contribution is 0.102. The molecule has 6 nitrogen and oxygen atoms in total. The smallest absolute Gasteiger partial charge is 0.280 e. The van der Waals surface area contributed by atoms with Crippen LogP contribution in [-0.4, -0.2) is 25.5 Å². The van der Waals surface area contributed by atoms with Crippen molar-refractivity contribution < 1.29 is 4.79 Å². The second-order valence-corrected chi connectivity index (χ2v) is 6.89. The summed E-state index contributed by atoms with van der Waals surface area (Å²) in [5, 5.41) is 11.8. The van der Waals surface area contributed by atoms with E-state index in [9.17, 15) is 4.79 Å². The first-order valence-corrected chi connectivity index (χ1v) is 9.17. The van der Waals surface area contributed by atoms with Gasteiger partial charge in [0.15, 0.2) is 11.5 Å². The van der Waals surface area contributed by atoms with Crippen LogP contribution in [0.5, 0.6) is 0 Å². The van der Waals surface area contributed by atoms with E-state index in [4.69, 9.17) is 11.6 Å². The molecule has 0 radical (unpaired) electrons. The van der Waals surface area contributed by atoms with Crippen molar-refractivity contribution in [1.29, 1.82) is 0 Å². The number of nitrogens with one attached hydrogen (secondary N) is 1. The summed E-state index contributed by atoms with van der Waals surface area (Å²) in [6.45, 7) is 2.55. The van der Waals surface area contributed by atoms with Crippen molar-refractivity contribution in [2.24, 2.45) is 0 Å². The maximum Gasteiger partial charge on any atom is 0.280 e. The maximum atomic E-state index is 12.9. The Morgan fingerprint density at radius 2 is 1.71 bits per heavy atom. The van der Waals surface area contributed by atoms with Gasteiger partial charge in [0.2, 0.25) is 0 Å². The molecule has 2 heterocycles. The number of anilines is 1. The average molecular weight is 392 g/mol. The fraction of sp³-hybridized carbons (Fsp3) is 0.0952. The van der Waals surface area contributed by atoms with Crippen LogP contribution in [0.4, 0.5) is 5.69 Å². The molecule has 0 fully saturated rings. The van der Waals surface area contributed by atoms with Gasteiger partial charge in [0.1, 0.15) is 0 Å². The molecular weight excluding hydrogens is 374 g/mol. The molecule has 1 amide bonds. The summed E-state index contributed by atoms with van der Waals surface area (Å²) in [7, 11) is 0. The van der Waals surface area contributed by atoms with Crippen LogP contribution in [-0.2, 0) is 6.54 Å². The van der Waals surface area contributed by atoms with Crippen molar-refractivity contribution in [3.63, 3.8) is 0 Å². The van der Waals surface area contributed by atoms with Crippen LogP contribution in [0.25, 0.3) is 5.82 Å². The molecule has 0 aliphatic heterocycles. The molecule has 0 aliphatic rings. The zero-order chi connectivity index (χ0) is 19.5. The van der Waals surface area contributed by atoms with Crippen LogP contribution in [0.2, 0.25) is 5.02 Å². The summed E-state index contributed by atoms with van der Waals surface area (Å²) in [5.74, 6) is 0.276. The van der Waals surface area contributed by atoms with Crippen molar-refractivity contribution in [2.45, 2.75) is 13.5 Å².